The number of nitrogens with two attached hydrogens (primary N) is 1. The van der Waals surface area contributed by atoms with E-state index in [1.165, 1.54) is 12.8 Å². The summed E-state index contributed by atoms with van der Waals surface area (Å²) in [6.45, 7) is 4.51. The van der Waals surface area contributed by atoms with Crippen molar-refractivity contribution < 1.29 is 9.53 Å². The largest absolute Gasteiger partial charge is 0.443 e. The third kappa shape index (κ3) is 3.09. The predicted molar refractivity (Wildman–Crippen MR) is 61.1 cm³/mol. The highest BCUT2D eigenvalue weighted by atomic mass is 16.6. The van der Waals surface area contributed by atoms with Crippen LogP contribution >= 0.6 is 0 Å². The van der Waals surface area contributed by atoms with Gasteiger partial charge in [0.25, 0.3) is 0 Å². The van der Waals surface area contributed by atoms with E-state index in [-0.39, 0.29) is 12.2 Å². The van der Waals surface area contributed by atoms with Gasteiger partial charge in [0.05, 0.1) is 6.54 Å². The molecule has 0 radical (unpaired) electrons. The molecule has 3 N–H and O–H groups in total. The fraction of sp³-hybridized carbons (Fsp3) is 0.909. The van der Waals surface area contributed by atoms with Gasteiger partial charge in [-0.2, -0.15) is 0 Å². The summed E-state index contributed by atoms with van der Waals surface area (Å²) in [6, 6.07) is 0. The van der Waals surface area contributed by atoms with Crippen LogP contribution in [0.15, 0.2) is 0 Å². The molecule has 0 saturated carbocycles. The lowest BCUT2D eigenvalue weighted by molar-refractivity contribution is 0.0864. The minimum absolute atomic E-state index is 0.0316. The second kappa shape index (κ2) is 5.50. The van der Waals surface area contributed by atoms with E-state index in [0.29, 0.717) is 6.54 Å². The number of ether oxygens (including phenoxy) is 1. The number of nitrogens with zero attached hydrogens (tertiary/aromatic N) is 1. The topological polar surface area (TPSA) is 67.6 Å². The van der Waals surface area contributed by atoms with E-state index in [1.807, 2.05) is 0 Å². The Kier molecular flexibility index (Phi) is 4.01. The number of nitrogens with one attached hydrogen (secondary N) is 1. The van der Waals surface area contributed by atoms with Crippen LogP contribution in [0.2, 0.25) is 0 Å². The third-order valence-electron chi connectivity index (χ3n) is 3.39. The van der Waals surface area contributed by atoms with Gasteiger partial charge in [-0.05, 0) is 38.3 Å². The molecule has 0 aromatic heterocycles. The summed E-state index contributed by atoms with van der Waals surface area (Å²) < 4.78 is 5.14. The Labute approximate surface area is 96.3 Å². The first-order valence-electron chi connectivity index (χ1n) is 6.15. The summed E-state index contributed by atoms with van der Waals surface area (Å²) in [4.78, 5) is 13.3. The van der Waals surface area contributed by atoms with Gasteiger partial charge in [0.2, 0.25) is 0 Å². The third-order valence-corrected chi connectivity index (χ3v) is 3.39. The summed E-state index contributed by atoms with van der Waals surface area (Å²) in [5, 5.41) is 2.69. The van der Waals surface area contributed by atoms with Crippen LogP contribution in [-0.2, 0) is 4.74 Å². The van der Waals surface area contributed by atoms with E-state index in [0.717, 1.165) is 38.5 Å². The van der Waals surface area contributed by atoms with Crippen LogP contribution < -0.4 is 11.1 Å². The van der Waals surface area contributed by atoms with Crippen LogP contribution in [0.25, 0.3) is 0 Å². The van der Waals surface area contributed by atoms with E-state index in [2.05, 4.69) is 10.2 Å². The number of piperidine rings is 1. The molecule has 2 aliphatic rings. The van der Waals surface area contributed by atoms with Crippen molar-refractivity contribution in [1.82, 2.24) is 10.2 Å². The number of hydrogen-bond donors (Lipinski definition) is 2. The number of cyclic esters (lactones) is 1. The summed E-state index contributed by atoms with van der Waals surface area (Å²) in [5.41, 5.74) is 5.59. The molecular weight excluding hydrogens is 206 g/mol. The Balaban J connectivity index is 1.74. The minimum atomic E-state index is -0.277. The molecule has 16 heavy (non-hydrogen) atoms. The van der Waals surface area contributed by atoms with Gasteiger partial charge in [-0.3, -0.25) is 4.90 Å². The van der Waals surface area contributed by atoms with Crippen molar-refractivity contribution in [2.75, 3.05) is 32.7 Å². The maximum atomic E-state index is 10.9. The van der Waals surface area contributed by atoms with Crippen molar-refractivity contribution in [2.24, 2.45) is 11.7 Å². The highest BCUT2D eigenvalue weighted by Gasteiger charge is 2.27. The Morgan fingerprint density at radius 2 is 2.44 bits per heavy atom. The smallest absolute Gasteiger partial charge is 0.407 e. The number of rotatable bonds is 4. The van der Waals surface area contributed by atoms with Gasteiger partial charge >= 0.3 is 6.09 Å². The molecule has 2 heterocycles. The maximum absolute atomic E-state index is 10.9. The van der Waals surface area contributed by atoms with Gasteiger partial charge in [-0.1, -0.05) is 0 Å². The summed E-state index contributed by atoms with van der Waals surface area (Å²) in [5.74, 6) is 0.726. The SMILES string of the molecule is NCCC1CCCN(CC2CNC(=O)O2)C1. The van der Waals surface area contributed by atoms with E-state index in [4.69, 9.17) is 10.5 Å². The molecule has 2 atom stereocenters. The fourth-order valence-corrected chi connectivity index (χ4v) is 2.61. The molecule has 5 heteroatoms. The standard InChI is InChI=1S/C11H21N3O2/c12-4-3-9-2-1-5-14(7-9)8-10-6-13-11(15)16-10/h9-10H,1-8,12H2,(H,13,15). The fourth-order valence-electron chi connectivity index (χ4n) is 2.61. The summed E-state index contributed by atoms with van der Waals surface area (Å²) >= 11 is 0. The van der Waals surface area contributed by atoms with E-state index in [9.17, 15) is 4.79 Å². The average Bonchev–Trinajstić information content (AvgIpc) is 2.65. The lowest BCUT2D eigenvalue weighted by Gasteiger charge is -2.33. The number of amides is 1. The van der Waals surface area contributed by atoms with Crippen molar-refractivity contribution in [3.8, 4) is 0 Å². The van der Waals surface area contributed by atoms with Crippen LogP contribution in [0.5, 0.6) is 0 Å². The molecule has 1 amide bonds. The molecule has 2 aliphatic heterocycles. The lowest BCUT2D eigenvalue weighted by Crippen LogP contribution is -2.41. The Morgan fingerprint density at radius 3 is 3.12 bits per heavy atom. The molecule has 2 saturated heterocycles. The molecule has 2 fully saturated rings. The van der Waals surface area contributed by atoms with Crippen LogP contribution in [0, 0.1) is 5.92 Å². The monoisotopic (exact) mass is 227 g/mol. The number of carbonyl (C=O) groups excluding carboxylic acids is 1. The maximum Gasteiger partial charge on any atom is 0.407 e. The molecule has 92 valence electrons. The number of carbonyl (C=O) groups is 1. The van der Waals surface area contributed by atoms with Crippen LogP contribution in [0.3, 0.4) is 0 Å². The zero-order valence-electron chi connectivity index (χ0n) is 9.65. The van der Waals surface area contributed by atoms with Crippen LogP contribution in [-0.4, -0.2) is 49.8 Å². The van der Waals surface area contributed by atoms with Gasteiger partial charge in [0.1, 0.15) is 6.10 Å². The van der Waals surface area contributed by atoms with Crippen molar-refractivity contribution in [3.05, 3.63) is 0 Å². The van der Waals surface area contributed by atoms with Crippen molar-refractivity contribution in [3.63, 3.8) is 0 Å². The second-order valence-electron chi connectivity index (χ2n) is 4.75. The average molecular weight is 227 g/mol. The predicted octanol–water partition coefficient (Wildman–Crippen LogP) is 0.156. The molecular formula is C11H21N3O2. The number of hydrogen-bond acceptors (Lipinski definition) is 4. The highest BCUT2D eigenvalue weighted by Crippen LogP contribution is 2.19. The Hall–Kier alpha value is -0.810. The first-order chi connectivity index (χ1) is 7.78. The normalized spacial score (nSPS) is 31.2. The van der Waals surface area contributed by atoms with Gasteiger partial charge < -0.3 is 15.8 Å². The lowest BCUT2D eigenvalue weighted by atomic mass is 9.95. The molecule has 0 spiro atoms. The molecule has 0 aliphatic carbocycles. The quantitative estimate of drug-likeness (QED) is 0.717. The first-order valence-corrected chi connectivity index (χ1v) is 6.15. The second-order valence-corrected chi connectivity index (χ2v) is 4.75. The molecule has 2 rings (SSSR count). The molecule has 0 aromatic rings. The zero-order chi connectivity index (χ0) is 11.4. The molecule has 0 bridgehead atoms. The number of likely N-dealkylation sites (tertiary alicyclic amines) is 1. The molecule has 5 nitrogen and oxygen atoms in total. The van der Waals surface area contributed by atoms with Gasteiger partial charge in [-0.25, -0.2) is 4.79 Å². The molecule has 0 aromatic carbocycles. The Bertz CT molecular complexity index is 245. The van der Waals surface area contributed by atoms with E-state index < -0.39 is 0 Å². The van der Waals surface area contributed by atoms with Crippen LogP contribution in [0.4, 0.5) is 4.79 Å². The van der Waals surface area contributed by atoms with Gasteiger partial charge in [0.15, 0.2) is 0 Å². The van der Waals surface area contributed by atoms with E-state index in [1.54, 1.807) is 0 Å². The van der Waals surface area contributed by atoms with E-state index >= 15 is 0 Å². The summed E-state index contributed by atoms with van der Waals surface area (Å²) in [7, 11) is 0. The minimum Gasteiger partial charge on any atom is -0.443 e. The van der Waals surface area contributed by atoms with Crippen LogP contribution in [0.1, 0.15) is 19.3 Å². The van der Waals surface area contributed by atoms with Crippen molar-refractivity contribution >= 4 is 6.09 Å². The molecule has 2 unspecified atom stereocenters. The zero-order valence-corrected chi connectivity index (χ0v) is 9.65. The van der Waals surface area contributed by atoms with Crippen molar-refractivity contribution in [1.29, 1.82) is 0 Å². The van der Waals surface area contributed by atoms with Gasteiger partial charge in [0, 0.05) is 13.1 Å². The van der Waals surface area contributed by atoms with Gasteiger partial charge in [-0.15, -0.1) is 0 Å². The van der Waals surface area contributed by atoms with Crippen molar-refractivity contribution in [2.45, 2.75) is 25.4 Å². The number of alkyl carbamates (subject to hydrolysis) is 1. The Morgan fingerprint density at radius 1 is 1.56 bits per heavy atom. The highest BCUT2D eigenvalue weighted by molar-refractivity contribution is 5.69. The first kappa shape index (κ1) is 11.7. The summed E-state index contributed by atoms with van der Waals surface area (Å²) in [6.07, 6.45) is 3.39.